The molecule has 6 heterocycles. The first kappa shape index (κ1) is 45.7. The molecule has 66 heavy (non-hydrogen) atoms. The van der Waals surface area contributed by atoms with Gasteiger partial charge in [-0.2, -0.15) is 0 Å². The van der Waals surface area contributed by atoms with E-state index in [9.17, 15) is 23.6 Å². The highest BCUT2D eigenvalue weighted by molar-refractivity contribution is 6.34. The Morgan fingerprint density at radius 1 is 1.03 bits per heavy atom. The first-order valence-corrected chi connectivity index (χ1v) is 23.3. The molecular weight excluding hydrogens is 875 g/mol. The average Bonchev–Trinajstić information content (AvgIpc) is 3.61. The minimum absolute atomic E-state index is 0.0101. The molecule has 352 valence electrons. The van der Waals surface area contributed by atoms with E-state index in [0.29, 0.717) is 111 Å². The maximum Gasteiger partial charge on any atom is 0.275 e. The van der Waals surface area contributed by atoms with Crippen LogP contribution in [-0.4, -0.2) is 144 Å². The molecule has 4 aromatic rings. The summed E-state index contributed by atoms with van der Waals surface area (Å²) in [6, 6.07) is 10.1. The number of carbonyl (C=O) groups is 4. The molecule has 9 rings (SSSR count). The van der Waals surface area contributed by atoms with E-state index in [4.69, 9.17) is 16.7 Å². The van der Waals surface area contributed by atoms with Crippen LogP contribution in [0.4, 0.5) is 36.1 Å². The summed E-state index contributed by atoms with van der Waals surface area (Å²) in [6.07, 6.45) is 5.49. The van der Waals surface area contributed by atoms with Crippen molar-refractivity contribution < 1.29 is 32.3 Å². The van der Waals surface area contributed by atoms with Gasteiger partial charge >= 0.3 is 0 Å². The van der Waals surface area contributed by atoms with Crippen molar-refractivity contribution >= 4 is 64.3 Å². The Labute approximate surface area is 387 Å². The Kier molecular flexibility index (Phi) is 12.7. The molecule has 3 unspecified atom stereocenters. The lowest BCUT2D eigenvalue weighted by molar-refractivity contribution is -0.139. The largest absolute Gasteiger partial charge is 0.385 e. The molecule has 1 saturated carbocycles. The van der Waals surface area contributed by atoms with Gasteiger partial charge in [-0.3, -0.25) is 34.3 Å². The van der Waals surface area contributed by atoms with Gasteiger partial charge in [-0.1, -0.05) is 23.7 Å². The molecule has 3 N–H and O–H groups in total. The first-order chi connectivity index (χ1) is 31.7. The highest BCUT2D eigenvalue weighted by Gasteiger charge is 2.50. The van der Waals surface area contributed by atoms with Gasteiger partial charge in [0.15, 0.2) is 17.2 Å². The van der Waals surface area contributed by atoms with Crippen molar-refractivity contribution in [1.82, 2.24) is 39.9 Å². The molecule has 2 aromatic carbocycles. The number of alkyl halides is 3. The summed E-state index contributed by atoms with van der Waals surface area (Å²) < 4.78 is 47.6. The second-order valence-electron chi connectivity index (χ2n) is 18.8. The van der Waals surface area contributed by atoms with E-state index in [1.807, 2.05) is 45.9 Å². The standard InChI is InChI=1S/C47H57ClF3N11O4/c1-29-21-31(22-37(42(29)48)57(3)14-9-41(64)54-28-63)45(66)60-19-12-46(13-20-60)10-17-59(18-11-46)39-8-15-58(27-47(39,50)51)26-30-5-4-6-36-32(30)7-16-61(36)40-24-35(52-2)43-53-25-38(62(43)56-40)44(65)55-34-23-33(34)49/h4-6,21-22,24-25,28,33-34,39,52H,7-20,23,26-27H2,1-3H3,(H,55,65)(H,54,63,64). The number of anilines is 4. The van der Waals surface area contributed by atoms with Crippen LogP contribution in [0, 0.1) is 12.3 Å². The van der Waals surface area contributed by atoms with E-state index >= 15 is 8.78 Å². The van der Waals surface area contributed by atoms with E-state index < -0.39 is 36.0 Å². The summed E-state index contributed by atoms with van der Waals surface area (Å²) >= 11 is 6.63. The number of likely N-dealkylation sites (tertiary alicyclic amines) is 3. The zero-order valence-electron chi connectivity index (χ0n) is 37.6. The van der Waals surface area contributed by atoms with Gasteiger partial charge < -0.3 is 25.3 Å². The zero-order chi connectivity index (χ0) is 46.5. The molecule has 1 spiro atoms. The quantitative estimate of drug-likeness (QED) is 0.144. The van der Waals surface area contributed by atoms with Crippen molar-refractivity contribution in [1.29, 1.82) is 0 Å². The van der Waals surface area contributed by atoms with Crippen molar-refractivity contribution in [3.8, 4) is 0 Å². The highest BCUT2D eigenvalue weighted by atomic mass is 35.5. The molecule has 3 saturated heterocycles. The molecule has 19 heteroatoms. The normalized spacial score (nSPS) is 22.6. The van der Waals surface area contributed by atoms with Crippen LogP contribution in [-0.2, 0) is 22.6 Å². The molecular formula is C47H57ClF3N11O4. The fourth-order valence-electron chi connectivity index (χ4n) is 10.6. The van der Waals surface area contributed by atoms with E-state index in [1.54, 1.807) is 31.1 Å². The van der Waals surface area contributed by atoms with Gasteiger partial charge in [0, 0.05) is 83.5 Å². The van der Waals surface area contributed by atoms with Gasteiger partial charge in [0.25, 0.3) is 17.7 Å². The molecule has 15 nitrogen and oxygen atoms in total. The number of amides is 4. The number of fused-ring (bicyclic) bond motifs is 2. The average molecular weight is 932 g/mol. The number of carbonyl (C=O) groups excluding carboxylic acids is 4. The van der Waals surface area contributed by atoms with Crippen LogP contribution in [0.2, 0.25) is 5.02 Å². The van der Waals surface area contributed by atoms with Gasteiger partial charge in [0.05, 0.1) is 41.2 Å². The third-order valence-corrected chi connectivity index (χ3v) is 15.1. The second kappa shape index (κ2) is 18.3. The highest BCUT2D eigenvalue weighted by Crippen LogP contribution is 2.45. The number of nitrogens with one attached hydrogen (secondary N) is 3. The molecule has 0 bridgehead atoms. The zero-order valence-corrected chi connectivity index (χ0v) is 38.4. The fraction of sp³-hybridized carbons (Fsp3) is 0.532. The third kappa shape index (κ3) is 9.03. The summed E-state index contributed by atoms with van der Waals surface area (Å²) in [5.74, 6) is -3.22. The lowest BCUT2D eigenvalue weighted by Crippen LogP contribution is -2.60. The Hall–Kier alpha value is -5.46. The van der Waals surface area contributed by atoms with Crippen LogP contribution in [0.15, 0.2) is 42.6 Å². The monoisotopic (exact) mass is 931 g/mol. The number of benzene rings is 2. The minimum atomic E-state index is -2.89. The number of aryl methyl sites for hydroxylation is 1. The molecule has 3 atom stereocenters. The van der Waals surface area contributed by atoms with Crippen molar-refractivity contribution in [3.05, 3.63) is 75.6 Å². The van der Waals surface area contributed by atoms with Crippen LogP contribution in [0.5, 0.6) is 0 Å². The SMILES string of the molecule is CNc1cc(N2CCc3c(CN4CCC(N5CCC6(CCN(C(=O)c7cc(C)c(Cl)c(N(C)CCC(=O)NC=O)c7)CC6)CC5)C(F)(F)C4)cccc32)nn2c(C(=O)NC3CC3F)cnc12. The third-order valence-electron chi connectivity index (χ3n) is 14.6. The van der Waals surface area contributed by atoms with Crippen molar-refractivity contribution in [2.24, 2.45) is 5.41 Å². The number of nitrogens with zero attached hydrogens (tertiary/aromatic N) is 8. The maximum atomic E-state index is 16.2. The molecule has 4 amide bonds. The van der Waals surface area contributed by atoms with Gasteiger partial charge in [-0.15, -0.1) is 5.10 Å². The Balaban J connectivity index is 0.793. The molecule has 4 fully saturated rings. The summed E-state index contributed by atoms with van der Waals surface area (Å²) in [4.78, 5) is 63.4. The topological polar surface area (TPSA) is 151 Å². The molecule has 4 aliphatic heterocycles. The van der Waals surface area contributed by atoms with E-state index in [2.05, 4.69) is 25.8 Å². The molecule has 1 aliphatic carbocycles. The summed E-state index contributed by atoms with van der Waals surface area (Å²) in [7, 11) is 3.56. The van der Waals surface area contributed by atoms with Crippen molar-refractivity contribution in [2.45, 2.75) is 89.0 Å². The number of rotatable bonds is 13. The summed E-state index contributed by atoms with van der Waals surface area (Å²) in [5.41, 5.74) is 6.31. The Bertz CT molecular complexity index is 2520. The van der Waals surface area contributed by atoms with Crippen LogP contribution < -0.4 is 25.8 Å². The lowest BCUT2D eigenvalue weighted by atomic mass is 9.70. The van der Waals surface area contributed by atoms with Crippen LogP contribution in [0.25, 0.3) is 5.65 Å². The predicted octanol–water partition coefficient (Wildman–Crippen LogP) is 5.59. The second-order valence-corrected chi connectivity index (χ2v) is 19.2. The maximum absolute atomic E-state index is 16.2. The number of aromatic nitrogens is 3. The van der Waals surface area contributed by atoms with E-state index in [-0.39, 0.29) is 30.0 Å². The first-order valence-electron chi connectivity index (χ1n) is 22.9. The van der Waals surface area contributed by atoms with Gasteiger partial charge in [-0.05, 0) is 98.8 Å². The number of piperidine rings is 3. The van der Waals surface area contributed by atoms with Gasteiger partial charge in [0.2, 0.25) is 12.3 Å². The number of hydrogen-bond acceptors (Lipinski definition) is 11. The smallest absolute Gasteiger partial charge is 0.275 e. The van der Waals surface area contributed by atoms with E-state index in [1.165, 1.54) is 10.7 Å². The number of hydrogen-bond donors (Lipinski definition) is 3. The van der Waals surface area contributed by atoms with Gasteiger partial charge in [-0.25, -0.2) is 22.7 Å². The number of halogens is 4. The van der Waals surface area contributed by atoms with Crippen LogP contribution in [0.1, 0.15) is 82.5 Å². The van der Waals surface area contributed by atoms with E-state index in [0.717, 1.165) is 48.1 Å². The number of imide groups is 1. The lowest BCUT2D eigenvalue weighted by Gasteiger charge is -2.51. The van der Waals surface area contributed by atoms with Crippen LogP contribution in [0.3, 0.4) is 0 Å². The minimum Gasteiger partial charge on any atom is -0.385 e. The van der Waals surface area contributed by atoms with Crippen molar-refractivity contribution in [3.63, 3.8) is 0 Å². The molecule has 2 aromatic heterocycles. The summed E-state index contributed by atoms with van der Waals surface area (Å²) in [6.45, 7) is 5.79. The summed E-state index contributed by atoms with van der Waals surface area (Å²) in [5, 5.41) is 13.3. The fourth-order valence-corrected chi connectivity index (χ4v) is 10.8. The number of imidazole rings is 1. The molecule has 5 aliphatic rings. The van der Waals surface area contributed by atoms with Crippen molar-refractivity contribution in [2.75, 3.05) is 81.6 Å². The predicted molar refractivity (Wildman–Crippen MR) is 246 cm³/mol. The van der Waals surface area contributed by atoms with Crippen LogP contribution >= 0.6 is 11.6 Å². The Morgan fingerprint density at radius 2 is 1.77 bits per heavy atom. The molecule has 0 radical (unpaired) electrons. The van der Waals surface area contributed by atoms with Gasteiger partial charge in [0.1, 0.15) is 6.17 Å². The Morgan fingerprint density at radius 3 is 2.47 bits per heavy atom.